The minimum absolute atomic E-state index is 0.886. The summed E-state index contributed by atoms with van der Waals surface area (Å²) in [6.45, 7) is 0. The number of fused-ring (bicyclic) bond motifs is 3. The van der Waals surface area contributed by atoms with E-state index in [0.29, 0.717) is 0 Å². The lowest BCUT2D eigenvalue weighted by atomic mass is 10.1. The Morgan fingerprint density at radius 3 is 1.94 bits per heavy atom. The zero-order chi connectivity index (χ0) is 20.6. The fourth-order valence-corrected chi connectivity index (χ4v) is 4.16. The van der Waals surface area contributed by atoms with Gasteiger partial charge in [-0.2, -0.15) is 0 Å². The van der Waals surface area contributed by atoms with Crippen LogP contribution >= 0.6 is 0 Å². The molecule has 0 unspecified atom stereocenters. The maximum atomic E-state index is 4.88. The molecule has 1 aromatic heterocycles. The highest BCUT2D eigenvalue weighted by atomic mass is 15.1. The van der Waals surface area contributed by atoms with Gasteiger partial charge in [0.05, 0.1) is 27.8 Å². The van der Waals surface area contributed by atoms with Crippen LogP contribution in [0.15, 0.2) is 115 Å². The number of hydrogen-bond acceptors (Lipinski definition) is 3. The molecular weight excluding hydrogens is 378 g/mol. The molecule has 0 bridgehead atoms. The van der Waals surface area contributed by atoms with Gasteiger partial charge >= 0.3 is 0 Å². The van der Waals surface area contributed by atoms with E-state index in [9.17, 15) is 0 Å². The highest BCUT2D eigenvalue weighted by Crippen LogP contribution is 2.39. The summed E-state index contributed by atoms with van der Waals surface area (Å²) in [4.78, 5) is 12.0. The second kappa shape index (κ2) is 7.22. The molecule has 3 heteroatoms. The van der Waals surface area contributed by atoms with Crippen molar-refractivity contribution in [2.75, 3.05) is 4.90 Å². The van der Waals surface area contributed by atoms with E-state index in [4.69, 9.17) is 9.97 Å². The minimum atomic E-state index is 0.886. The van der Waals surface area contributed by atoms with Gasteiger partial charge in [-0.15, -0.1) is 0 Å². The lowest BCUT2D eigenvalue weighted by molar-refractivity contribution is 1.29. The van der Waals surface area contributed by atoms with Crippen LogP contribution in [0.4, 0.5) is 17.1 Å². The molecule has 0 atom stereocenters. The third-order valence-corrected chi connectivity index (χ3v) is 5.60. The second-order valence-corrected chi connectivity index (χ2v) is 7.55. The molecular formula is C28H19N3. The van der Waals surface area contributed by atoms with E-state index in [1.807, 2.05) is 30.3 Å². The molecule has 5 aromatic carbocycles. The Bertz CT molecular complexity index is 1540. The predicted octanol–water partition coefficient (Wildman–Crippen LogP) is 7.41. The van der Waals surface area contributed by atoms with Gasteiger partial charge in [0, 0.05) is 16.8 Å². The monoisotopic (exact) mass is 397 g/mol. The summed E-state index contributed by atoms with van der Waals surface area (Å²) in [5.41, 5.74) is 6.90. The maximum absolute atomic E-state index is 4.88. The minimum Gasteiger partial charge on any atom is -0.310 e. The van der Waals surface area contributed by atoms with Crippen molar-refractivity contribution < 1.29 is 0 Å². The van der Waals surface area contributed by atoms with Crippen molar-refractivity contribution in [3.63, 3.8) is 0 Å². The van der Waals surface area contributed by atoms with Crippen molar-refractivity contribution in [1.29, 1.82) is 0 Å². The SMILES string of the molecule is c1ccc(N(c2ccc3nc4ccccc4nc3c2)c2cccc3ccccc23)cc1. The van der Waals surface area contributed by atoms with Gasteiger partial charge in [-0.25, -0.2) is 9.97 Å². The molecule has 0 N–H and O–H groups in total. The van der Waals surface area contributed by atoms with Gasteiger partial charge in [-0.1, -0.05) is 66.7 Å². The lowest BCUT2D eigenvalue weighted by Crippen LogP contribution is -2.10. The number of benzene rings is 5. The van der Waals surface area contributed by atoms with Crippen molar-refractivity contribution >= 4 is 49.9 Å². The second-order valence-electron chi connectivity index (χ2n) is 7.55. The Hall–Kier alpha value is -4.24. The Balaban J connectivity index is 1.61. The Kier molecular flexibility index (Phi) is 4.10. The smallest absolute Gasteiger partial charge is 0.0915 e. The normalized spacial score (nSPS) is 11.2. The molecule has 0 fully saturated rings. The summed E-state index contributed by atoms with van der Waals surface area (Å²) < 4.78 is 0. The molecule has 0 aliphatic rings. The van der Waals surface area contributed by atoms with Crippen LogP contribution in [0.25, 0.3) is 32.8 Å². The zero-order valence-corrected chi connectivity index (χ0v) is 16.8. The van der Waals surface area contributed by atoms with E-state index in [1.165, 1.54) is 10.8 Å². The summed E-state index contributed by atoms with van der Waals surface area (Å²) in [7, 11) is 0. The van der Waals surface area contributed by atoms with Crippen LogP contribution < -0.4 is 4.90 Å². The number of anilines is 3. The third kappa shape index (κ3) is 3.08. The van der Waals surface area contributed by atoms with Gasteiger partial charge in [-0.3, -0.25) is 0 Å². The average Bonchev–Trinajstić information content (AvgIpc) is 2.84. The summed E-state index contributed by atoms with van der Waals surface area (Å²) in [5, 5.41) is 2.42. The standard InChI is InChI=1S/C28H19N3/c1-2-11-21(12-3-1)31(28-16-8-10-20-9-4-5-13-23(20)28)22-17-18-26-27(19-22)30-25-15-7-6-14-24(25)29-26/h1-19H. The summed E-state index contributed by atoms with van der Waals surface area (Å²) in [6.07, 6.45) is 0. The average molecular weight is 397 g/mol. The predicted molar refractivity (Wildman–Crippen MR) is 129 cm³/mol. The number of para-hydroxylation sites is 3. The highest BCUT2D eigenvalue weighted by molar-refractivity contribution is 6.00. The van der Waals surface area contributed by atoms with Crippen molar-refractivity contribution in [1.82, 2.24) is 9.97 Å². The Morgan fingerprint density at radius 2 is 1.10 bits per heavy atom. The van der Waals surface area contributed by atoms with Crippen LogP contribution in [-0.2, 0) is 0 Å². The first-order valence-corrected chi connectivity index (χ1v) is 10.4. The first-order chi connectivity index (χ1) is 15.4. The molecule has 3 nitrogen and oxygen atoms in total. The zero-order valence-electron chi connectivity index (χ0n) is 16.8. The summed E-state index contributed by atoms with van der Waals surface area (Å²) in [5.74, 6) is 0. The summed E-state index contributed by atoms with van der Waals surface area (Å²) >= 11 is 0. The van der Waals surface area contributed by atoms with Crippen LogP contribution in [0, 0.1) is 0 Å². The summed E-state index contributed by atoms with van der Waals surface area (Å²) in [6, 6.07) is 39.7. The van der Waals surface area contributed by atoms with Crippen molar-refractivity contribution in [3.8, 4) is 0 Å². The van der Waals surface area contributed by atoms with E-state index in [2.05, 4.69) is 89.8 Å². The van der Waals surface area contributed by atoms with E-state index < -0.39 is 0 Å². The first-order valence-electron chi connectivity index (χ1n) is 10.4. The van der Waals surface area contributed by atoms with Gasteiger partial charge in [0.2, 0.25) is 0 Å². The fourth-order valence-electron chi connectivity index (χ4n) is 4.16. The van der Waals surface area contributed by atoms with Gasteiger partial charge in [0.15, 0.2) is 0 Å². The molecule has 6 rings (SSSR count). The molecule has 0 spiro atoms. The Morgan fingerprint density at radius 1 is 0.452 bits per heavy atom. The lowest BCUT2D eigenvalue weighted by Gasteiger charge is -2.27. The molecule has 0 amide bonds. The molecule has 6 aromatic rings. The molecule has 0 aliphatic heterocycles. The van der Waals surface area contributed by atoms with Crippen molar-refractivity contribution in [2.24, 2.45) is 0 Å². The van der Waals surface area contributed by atoms with Gasteiger partial charge in [0.25, 0.3) is 0 Å². The van der Waals surface area contributed by atoms with Gasteiger partial charge < -0.3 is 4.90 Å². The van der Waals surface area contributed by atoms with E-state index in [0.717, 1.165) is 39.1 Å². The van der Waals surface area contributed by atoms with Gasteiger partial charge in [0.1, 0.15) is 0 Å². The van der Waals surface area contributed by atoms with Crippen molar-refractivity contribution in [3.05, 3.63) is 115 Å². The maximum Gasteiger partial charge on any atom is 0.0915 e. The first kappa shape index (κ1) is 17.6. The molecule has 0 radical (unpaired) electrons. The largest absolute Gasteiger partial charge is 0.310 e. The molecule has 0 saturated heterocycles. The van der Waals surface area contributed by atoms with Crippen LogP contribution in [0.1, 0.15) is 0 Å². The van der Waals surface area contributed by atoms with E-state index in [1.54, 1.807) is 0 Å². The fraction of sp³-hybridized carbons (Fsp3) is 0. The molecule has 1 heterocycles. The van der Waals surface area contributed by atoms with Crippen LogP contribution in [-0.4, -0.2) is 9.97 Å². The van der Waals surface area contributed by atoms with Crippen LogP contribution in [0.5, 0.6) is 0 Å². The number of nitrogens with zero attached hydrogens (tertiary/aromatic N) is 3. The quantitative estimate of drug-likeness (QED) is 0.291. The molecule has 0 aliphatic carbocycles. The third-order valence-electron chi connectivity index (χ3n) is 5.60. The number of hydrogen-bond donors (Lipinski definition) is 0. The topological polar surface area (TPSA) is 29.0 Å². The van der Waals surface area contributed by atoms with Gasteiger partial charge in [-0.05, 0) is 53.9 Å². The van der Waals surface area contributed by atoms with Crippen LogP contribution in [0.3, 0.4) is 0 Å². The Labute approximate surface area is 180 Å². The molecule has 0 saturated carbocycles. The van der Waals surface area contributed by atoms with Crippen molar-refractivity contribution in [2.45, 2.75) is 0 Å². The highest BCUT2D eigenvalue weighted by Gasteiger charge is 2.16. The van der Waals surface area contributed by atoms with Crippen LogP contribution in [0.2, 0.25) is 0 Å². The molecule has 146 valence electrons. The molecule has 31 heavy (non-hydrogen) atoms. The van der Waals surface area contributed by atoms with E-state index in [-0.39, 0.29) is 0 Å². The number of rotatable bonds is 3. The number of aromatic nitrogens is 2. The van der Waals surface area contributed by atoms with E-state index >= 15 is 0 Å².